The lowest BCUT2D eigenvalue weighted by Gasteiger charge is -2.21. The maximum atomic E-state index is 11.8. The minimum absolute atomic E-state index is 0.233. The van der Waals surface area contributed by atoms with Crippen LogP contribution >= 0.6 is 0 Å². The monoisotopic (exact) mass is 251 g/mol. The molecule has 1 aromatic rings. The summed E-state index contributed by atoms with van der Waals surface area (Å²) in [5.74, 6) is -1.67. The number of carboxylic acids is 1. The molecule has 1 aromatic carbocycles. The normalized spacial score (nSPS) is 11.6. The second kappa shape index (κ2) is 6.51. The Kier molecular flexibility index (Phi) is 5.01. The summed E-state index contributed by atoms with van der Waals surface area (Å²) in [5.41, 5.74) is 0.394. The van der Waals surface area contributed by atoms with Gasteiger partial charge in [-0.25, -0.2) is 9.86 Å². The number of rotatable bonds is 7. The number of aliphatic carboxylic acids is 1. The molecule has 0 saturated heterocycles. The van der Waals surface area contributed by atoms with E-state index >= 15 is 0 Å². The van der Waals surface area contributed by atoms with E-state index in [9.17, 15) is 14.4 Å². The van der Waals surface area contributed by atoms with Crippen LogP contribution in [0, 0.1) is 0 Å². The molecule has 96 valence electrons. The van der Waals surface area contributed by atoms with Crippen LogP contribution in [0.25, 0.3) is 0 Å². The number of hydroxylamine groups is 2. The fraction of sp³-hybridized carbons (Fsp3) is 0.250. The highest BCUT2D eigenvalue weighted by molar-refractivity contribution is 5.98. The Morgan fingerprint density at radius 1 is 1.39 bits per heavy atom. The number of hydrogen-bond acceptors (Lipinski definition) is 4. The lowest BCUT2D eigenvalue weighted by molar-refractivity contribution is -0.185. The Morgan fingerprint density at radius 2 is 2.00 bits per heavy atom. The van der Waals surface area contributed by atoms with Gasteiger partial charge in [-0.1, -0.05) is 30.3 Å². The van der Waals surface area contributed by atoms with Gasteiger partial charge in [0, 0.05) is 12.0 Å². The van der Waals surface area contributed by atoms with Crippen molar-refractivity contribution in [3.8, 4) is 0 Å². The van der Waals surface area contributed by atoms with E-state index in [-0.39, 0.29) is 18.6 Å². The Hall–Kier alpha value is -2.21. The zero-order valence-corrected chi connectivity index (χ0v) is 9.78. The molecule has 1 N–H and O–H groups in total. The van der Waals surface area contributed by atoms with Gasteiger partial charge >= 0.3 is 5.97 Å². The van der Waals surface area contributed by atoms with Crippen LogP contribution in [0.2, 0.25) is 0 Å². The van der Waals surface area contributed by atoms with E-state index in [0.29, 0.717) is 10.6 Å². The quantitative estimate of drug-likeness (QED) is 0.439. The number of ketones is 1. The first-order valence-electron chi connectivity index (χ1n) is 5.19. The molecule has 0 unspecified atom stereocenters. The molecule has 18 heavy (non-hydrogen) atoms. The smallest absolute Gasteiger partial charge is 0.329 e. The maximum absolute atomic E-state index is 11.8. The van der Waals surface area contributed by atoms with Crippen molar-refractivity contribution in [1.29, 1.82) is 0 Å². The number of carbonyl (C=O) groups is 3. The number of carboxylic acid groups (broad SMARTS) is 1. The first kappa shape index (κ1) is 13.9. The van der Waals surface area contributed by atoms with Gasteiger partial charge in [-0.3, -0.25) is 14.4 Å². The van der Waals surface area contributed by atoms with Gasteiger partial charge in [-0.2, -0.15) is 0 Å². The Bertz CT molecular complexity index is 431. The topological polar surface area (TPSA) is 83.9 Å². The summed E-state index contributed by atoms with van der Waals surface area (Å²) >= 11 is 0. The predicted molar refractivity (Wildman–Crippen MR) is 61.7 cm³/mol. The molecule has 6 nitrogen and oxygen atoms in total. The molecule has 0 fully saturated rings. The van der Waals surface area contributed by atoms with Gasteiger partial charge in [0.25, 0.3) is 0 Å². The number of benzene rings is 1. The van der Waals surface area contributed by atoms with E-state index in [1.807, 2.05) is 0 Å². The Morgan fingerprint density at radius 3 is 2.44 bits per heavy atom. The minimum atomic E-state index is -1.33. The second-order valence-electron chi connectivity index (χ2n) is 3.50. The van der Waals surface area contributed by atoms with Crippen molar-refractivity contribution in [2.75, 3.05) is 7.11 Å². The van der Waals surface area contributed by atoms with Crippen LogP contribution < -0.4 is 0 Å². The van der Waals surface area contributed by atoms with Crippen LogP contribution in [0.5, 0.6) is 0 Å². The highest BCUT2D eigenvalue weighted by Crippen LogP contribution is 2.10. The van der Waals surface area contributed by atoms with Crippen molar-refractivity contribution in [3.05, 3.63) is 35.9 Å². The van der Waals surface area contributed by atoms with Gasteiger partial charge in [-0.05, 0) is 0 Å². The number of carbonyl (C=O) groups excluding carboxylic acids is 2. The molecule has 1 rings (SSSR count). The van der Waals surface area contributed by atoms with E-state index in [1.54, 1.807) is 30.3 Å². The summed E-state index contributed by atoms with van der Waals surface area (Å²) in [4.78, 5) is 38.0. The first-order chi connectivity index (χ1) is 8.60. The fourth-order valence-corrected chi connectivity index (χ4v) is 1.45. The molecular weight excluding hydrogens is 238 g/mol. The van der Waals surface area contributed by atoms with Crippen molar-refractivity contribution < 1.29 is 24.3 Å². The standard InChI is InChI=1S/C12H13NO5/c1-18-13(8-14)10(12(16)17)7-11(15)9-5-3-2-4-6-9/h2-6,8,10H,7H2,1H3,(H,16,17)/t10-/m1/s1. The van der Waals surface area contributed by atoms with Crippen molar-refractivity contribution in [2.45, 2.75) is 12.5 Å². The third-order valence-corrected chi connectivity index (χ3v) is 2.38. The maximum Gasteiger partial charge on any atom is 0.329 e. The highest BCUT2D eigenvalue weighted by Gasteiger charge is 2.28. The van der Waals surface area contributed by atoms with Gasteiger partial charge in [-0.15, -0.1) is 0 Å². The van der Waals surface area contributed by atoms with Crippen LogP contribution in [0.15, 0.2) is 30.3 Å². The molecule has 1 atom stereocenters. The molecule has 0 aliphatic rings. The van der Waals surface area contributed by atoms with Crippen molar-refractivity contribution >= 4 is 18.2 Å². The number of amides is 1. The average Bonchev–Trinajstić information content (AvgIpc) is 2.39. The lowest BCUT2D eigenvalue weighted by Crippen LogP contribution is -2.41. The van der Waals surface area contributed by atoms with E-state index in [0.717, 1.165) is 7.11 Å². The van der Waals surface area contributed by atoms with Crippen LogP contribution in [-0.4, -0.2) is 41.5 Å². The Labute approximate surface area is 104 Å². The molecule has 0 aliphatic heterocycles. The molecule has 6 heteroatoms. The molecule has 0 bridgehead atoms. The largest absolute Gasteiger partial charge is 0.480 e. The van der Waals surface area contributed by atoms with Crippen molar-refractivity contribution in [1.82, 2.24) is 5.06 Å². The SMILES string of the molecule is CON(C=O)[C@H](CC(=O)c1ccccc1)C(=O)O. The van der Waals surface area contributed by atoms with Crippen LogP contribution in [0.3, 0.4) is 0 Å². The third kappa shape index (κ3) is 3.39. The molecule has 1 amide bonds. The van der Waals surface area contributed by atoms with E-state index in [1.165, 1.54) is 0 Å². The number of hydrogen-bond donors (Lipinski definition) is 1. The zero-order valence-electron chi connectivity index (χ0n) is 9.78. The number of nitrogens with zero attached hydrogens (tertiary/aromatic N) is 1. The lowest BCUT2D eigenvalue weighted by atomic mass is 10.0. The van der Waals surface area contributed by atoms with Gasteiger partial charge < -0.3 is 5.11 Å². The molecule has 0 saturated carbocycles. The number of Topliss-reactive ketones (excluding diaryl/α,β-unsaturated/α-hetero) is 1. The summed E-state index contributed by atoms with van der Waals surface area (Å²) in [6, 6.07) is 6.94. The van der Waals surface area contributed by atoms with E-state index in [2.05, 4.69) is 4.84 Å². The van der Waals surface area contributed by atoms with E-state index < -0.39 is 12.0 Å². The summed E-state index contributed by atoms with van der Waals surface area (Å²) < 4.78 is 0. The molecule has 0 heterocycles. The van der Waals surface area contributed by atoms with Crippen molar-refractivity contribution in [3.63, 3.8) is 0 Å². The molecule has 0 aromatic heterocycles. The van der Waals surface area contributed by atoms with E-state index in [4.69, 9.17) is 5.11 Å². The minimum Gasteiger partial charge on any atom is -0.480 e. The summed E-state index contributed by atoms with van der Waals surface area (Å²) in [5, 5.41) is 9.57. The van der Waals surface area contributed by atoms with Crippen molar-refractivity contribution in [2.24, 2.45) is 0 Å². The van der Waals surface area contributed by atoms with Crippen LogP contribution in [-0.2, 0) is 14.4 Å². The summed E-state index contributed by atoms with van der Waals surface area (Å²) in [6.07, 6.45) is -0.108. The molecule has 0 aliphatic carbocycles. The average molecular weight is 251 g/mol. The van der Waals surface area contributed by atoms with Gasteiger partial charge in [0.2, 0.25) is 6.41 Å². The predicted octanol–water partition coefficient (Wildman–Crippen LogP) is 0.732. The Balaban J connectivity index is 2.82. The molecular formula is C12H13NO5. The molecule has 0 spiro atoms. The second-order valence-corrected chi connectivity index (χ2v) is 3.50. The summed E-state index contributed by atoms with van der Waals surface area (Å²) in [6.45, 7) is 0. The third-order valence-electron chi connectivity index (χ3n) is 2.38. The molecule has 0 radical (unpaired) electrons. The van der Waals surface area contributed by atoms with Crippen LogP contribution in [0.1, 0.15) is 16.8 Å². The van der Waals surface area contributed by atoms with Gasteiger partial charge in [0.1, 0.15) is 0 Å². The zero-order chi connectivity index (χ0) is 13.5. The van der Waals surface area contributed by atoms with Gasteiger partial charge in [0.15, 0.2) is 11.8 Å². The first-order valence-corrected chi connectivity index (χ1v) is 5.19. The van der Waals surface area contributed by atoms with Crippen LogP contribution in [0.4, 0.5) is 0 Å². The summed E-state index contributed by atoms with van der Waals surface area (Å²) in [7, 11) is 1.16. The fourth-order valence-electron chi connectivity index (χ4n) is 1.45. The van der Waals surface area contributed by atoms with Gasteiger partial charge in [0.05, 0.1) is 7.11 Å². The highest BCUT2D eigenvalue weighted by atomic mass is 16.7.